The van der Waals surface area contributed by atoms with E-state index in [1.807, 2.05) is 6.92 Å². The third-order valence-electron chi connectivity index (χ3n) is 3.80. The zero-order valence-corrected chi connectivity index (χ0v) is 11.0. The number of hydrogen-bond acceptors (Lipinski definition) is 2. The van der Waals surface area contributed by atoms with E-state index in [0.29, 0.717) is 6.61 Å². The van der Waals surface area contributed by atoms with Crippen LogP contribution in [0.4, 0.5) is 0 Å². The topological polar surface area (TPSA) is 35.2 Å². The fourth-order valence-electron chi connectivity index (χ4n) is 2.75. The second-order valence-electron chi connectivity index (χ2n) is 5.13. The highest BCUT2D eigenvalue weighted by atomic mass is 16.5. The summed E-state index contributed by atoms with van der Waals surface area (Å²) in [5.74, 6) is 0.982. The van der Waals surface area contributed by atoms with Gasteiger partial charge in [-0.15, -0.1) is 0 Å². The van der Waals surface area contributed by atoms with Crippen molar-refractivity contribution in [3.63, 3.8) is 0 Å². The highest BCUT2D eigenvalue weighted by molar-refractivity contribution is 5.39. The van der Waals surface area contributed by atoms with Crippen molar-refractivity contribution in [3.05, 3.63) is 29.3 Å². The van der Waals surface area contributed by atoms with E-state index in [-0.39, 0.29) is 5.54 Å². The predicted octanol–water partition coefficient (Wildman–Crippen LogP) is 3.51. The minimum atomic E-state index is -0.103. The molecule has 0 amide bonds. The van der Waals surface area contributed by atoms with Gasteiger partial charge in [0.1, 0.15) is 5.75 Å². The predicted molar refractivity (Wildman–Crippen MR) is 71.3 cm³/mol. The Balaban J connectivity index is 2.24. The lowest BCUT2D eigenvalue weighted by molar-refractivity contribution is 0.301. The lowest BCUT2D eigenvalue weighted by Crippen LogP contribution is -2.38. The third kappa shape index (κ3) is 2.63. The van der Waals surface area contributed by atoms with Gasteiger partial charge in [-0.1, -0.05) is 31.4 Å². The number of benzene rings is 1. The van der Waals surface area contributed by atoms with Crippen molar-refractivity contribution >= 4 is 0 Å². The van der Waals surface area contributed by atoms with Crippen LogP contribution in [-0.4, -0.2) is 6.61 Å². The molecule has 2 N–H and O–H groups in total. The molecule has 1 aromatic rings. The van der Waals surface area contributed by atoms with Crippen LogP contribution in [0, 0.1) is 6.92 Å². The molecule has 0 aromatic heterocycles. The summed E-state index contributed by atoms with van der Waals surface area (Å²) in [4.78, 5) is 0. The maximum Gasteiger partial charge on any atom is 0.122 e. The van der Waals surface area contributed by atoms with E-state index >= 15 is 0 Å². The number of rotatable bonds is 3. The van der Waals surface area contributed by atoms with Gasteiger partial charge in [-0.25, -0.2) is 0 Å². The van der Waals surface area contributed by atoms with Crippen LogP contribution in [0.25, 0.3) is 0 Å². The van der Waals surface area contributed by atoms with Crippen LogP contribution in [0.3, 0.4) is 0 Å². The monoisotopic (exact) mass is 233 g/mol. The Morgan fingerprint density at radius 2 is 1.94 bits per heavy atom. The van der Waals surface area contributed by atoms with Crippen LogP contribution in [0.1, 0.15) is 50.2 Å². The zero-order chi connectivity index (χ0) is 12.3. The fraction of sp³-hybridized carbons (Fsp3) is 0.600. The molecule has 1 saturated carbocycles. The highest BCUT2D eigenvalue weighted by Crippen LogP contribution is 2.36. The molecule has 1 aliphatic carbocycles. The molecule has 1 aliphatic rings. The van der Waals surface area contributed by atoms with Crippen molar-refractivity contribution in [3.8, 4) is 5.75 Å². The van der Waals surface area contributed by atoms with E-state index < -0.39 is 0 Å². The molecule has 0 radical (unpaired) electrons. The van der Waals surface area contributed by atoms with E-state index in [4.69, 9.17) is 10.5 Å². The van der Waals surface area contributed by atoms with Crippen molar-refractivity contribution in [2.75, 3.05) is 6.61 Å². The summed E-state index contributed by atoms with van der Waals surface area (Å²) in [6.45, 7) is 4.83. The van der Waals surface area contributed by atoms with Crippen molar-refractivity contribution < 1.29 is 4.74 Å². The van der Waals surface area contributed by atoms with E-state index in [9.17, 15) is 0 Å². The van der Waals surface area contributed by atoms with Gasteiger partial charge in [0, 0.05) is 5.54 Å². The zero-order valence-electron chi connectivity index (χ0n) is 11.0. The fourth-order valence-corrected chi connectivity index (χ4v) is 2.75. The smallest absolute Gasteiger partial charge is 0.122 e. The first kappa shape index (κ1) is 12.4. The molecule has 94 valence electrons. The molecule has 1 fully saturated rings. The van der Waals surface area contributed by atoms with Crippen molar-refractivity contribution in [1.82, 2.24) is 0 Å². The average molecular weight is 233 g/mol. The van der Waals surface area contributed by atoms with Crippen molar-refractivity contribution in [2.24, 2.45) is 5.73 Å². The molecule has 0 bridgehead atoms. The van der Waals surface area contributed by atoms with E-state index in [1.54, 1.807) is 0 Å². The first-order valence-electron chi connectivity index (χ1n) is 6.68. The van der Waals surface area contributed by atoms with Gasteiger partial charge in [-0.2, -0.15) is 0 Å². The molecular formula is C15H23NO. The summed E-state index contributed by atoms with van der Waals surface area (Å²) in [6, 6.07) is 6.41. The van der Waals surface area contributed by atoms with Crippen LogP contribution < -0.4 is 10.5 Å². The standard InChI is InChI=1S/C15H23NO/c1-3-17-14-8-7-13(11-12(14)2)15(16)9-5-4-6-10-15/h7-8,11H,3-6,9-10,16H2,1-2H3. The summed E-state index contributed by atoms with van der Waals surface area (Å²) in [7, 11) is 0. The van der Waals surface area contributed by atoms with Crippen LogP contribution in [0.2, 0.25) is 0 Å². The van der Waals surface area contributed by atoms with Crippen LogP contribution in [-0.2, 0) is 5.54 Å². The average Bonchev–Trinajstić information content (AvgIpc) is 2.33. The van der Waals surface area contributed by atoms with Crippen molar-refractivity contribution in [2.45, 2.75) is 51.5 Å². The van der Waals surface area contributed by atoms with E-state index in [1.165, 1.54) is 30.4 Å². The molecule has 0 unspecified atom stereocenters. The molecule has 0 atom stereocenters. The van der Waals surface area contributed by atoms with E-state index in [0.717, 1.165) is 18.6 Å². The second kappa shape index (κ2) is 5.09. The van der Waals surface area contributed by atoms with Gasteiger partial charge in [-0.05, 0) is 43.9 Å². The van der Waals surface area contributed by atoms with Gasteiger partial charge in [0.25, 0.3) is 0 Å². The third-order valence-corrected chi connectivity index (χ3v) is 3.80. The van der Waals surface area contributed by atoms with Gasteiger partial charge in [0.05, 0.1) is 6.61 Å². The maximum absolute atomic E-state index is 6.53. The SMILES string of the molecule is CCOc1ccc(C2(N)CCCCC2)cc1C. The van der Waals surface area contributed by atoms with Crippen LogP contribution in [0.5, 0.6) is 5.75 Å². The van der Waals surface area contributed by atoms with Crippen LogP contribution >= 0.6 is 0 Å². The van der Waals surface area contributed by atoms with Gasteiger partial charge in [0.2, 0.25) is 0 Å². The number of ether oxygens (including phenoxy) is 1. The molecule has 0 saturated heterocycles. The summed E-state index contributed by atoms with van der Waals surface area (Å²) in [5, 5.41) is 0. The number of nitrogens with two attached hydrogens (primary N) is 1. The molecule has 0 heterocycles. The largest absolute Gasteiger partial charge is 0.494 e. The Bertz CT molecular complexity index is 381. The minimum Gasteiger partial charge on any atom is -0.494 e. The highest BCUT2D eigenvalue weighted by Gasteiger charge is 2.29. The molecule has 2 rings (SSSR count). The van der Waals surface area contributed by atoms with Crippen molar-refractivity contribution in [1.29, 1.82) is 0 Å². The summed E-state index contributed by atoms with van der Waals surface area (Å²) in [6.07, 6.45) is 6.06. The van der Waals surface area contributed by atoms with E-state index in [2.05, 4.69) is 25.1 Å². The molecule has 17 heavy (non-hydrogen) atoms. The Kier molecular flexibility index (Phi) is 3.72. The molecular weight excluding hydrogens is 210 g/mol. The summed E-state index contributed by atoms with van der Waals surface area (Å²) >= 11 is 0. The number of hydrogen-bond donors (Lipinski definition) is 1. The molecule has 0 spiro atoms. The quantitative estimate of drug-likeness (QED) is 0.867. The minimum absolute atomic E-state index is 0.103. The normalized spacial score (nSPS) is 19.0. The Morgan fingerprint density at radius 1 is 1.24 bits per heavy atom. The maximum atomic E-state index is 6.53. The Morgan fingerprint density at radius 3 is 2.53 bits per heavy atom. The first-order chi connectivity index (χ1) is 8.15. The lowest BCUT2D eigenvalue weighted by Gasteiger charge is -2.34. The van der Waals surface area contributed by atoms with Crippen LogP contribution in [0.15, 0.2) is 18.2 Å². The van der Waals surface area contributed by atoms with Gasteiger partial charge in [-0.3, -0.25) is 0 Å². The van der Waals surface area contributed by atoms with Gasteiger partial charge >= 0.3 is 0 Å². The molecule has 2 heteroatoms. The summed E-state index contributed by atoms with van der Waals surface area (Å²) < 4.78 is 5.57. The molecule has 0 aliphatic heterocycles. The van der Waals surface area contributed by atoms with Gasteiger partial charge in [0.15, 0.2) is 0 Å². The van der Waals surface area contributed by atoms with Gasteiger partial charge < -0.3 is 10.5 Å². The molecule has 2 nitrogen and oxygen atoms in total. The molecule has 1 aromatic carbocycles. The second-order valence-corrected chi connectivity index (χ2v) is 5.13. The Labute approximate surface area is 104 Å². The Hall–Kier alpha value is -1.02. The lowest BCUT2D eigenvalue weighted by atomic mass is 9.77. The summed E-state index contributed by atoms with van der Waals surface area (Å²) in [5.41, 5.74) is 8.90. The number of aryl methyl sites for hydroxylation is 1. The first-order valence-corrected chi connectivity index (χ1v) is 6.68.